The summed E-state index contributed by atoms with van der Waals surface area (Å²) in [5.74, 6) is 0.171. The molecule has 3 aliphatic rings. The molecule has 1 aliphatic carbocycles. The van der Waals surface area contributed by atoms with Gasteiger partial charge in [0.1, 0.15) is 0 Å². The van der Waals surface area contributed by atoms with Crippen molar-refractivity contribution >= 4 is 18.3 Å². The van der Waals surface area contributed by atoms with Gasteiger partial charge in [-0.1, -0.05) is 6.42 Å². The quantitative estimate of drug-likeness (QED) is 0.785. The van der Waals surface area contributed by atoms with E-state index in [9.17, 15) is 4.79 Å². The van der Waals surface area contributed by atoms with Crippen LogP contribution in [0.15, 0.2) is 0 Å². The first-order chi connectivity index (χ1) is 8.14. The first kappa shape index (κ1) is 14.1. The zero-order valence-electron chi connectivity index (χ0n) is 10.8. The second kappa shape index (κ2) is 4.99. The third-order valence-electron chi connectivity index (χ3n) is 4.95. The van der Waals surface area contributed by atoms with Crippen molar-refractivity contribution in [3.8, 4) is 0 Å². The Morgan fingerprint density at radius 2 is 1.78 bits per heavy atom. The van der Waals surface area contributed by atoms with Crippen molar-refractivity contribution < 1.29 is 9.53 Å². The van der Waals surface area contributed by atoms with Crippen molar-refractivity contribution in [1.29, 1.82) is 0 Å². The lowest BCUT2D eigenvalue weighted by Crippen LogP contribution is -2.58. The van der Waals surface area contributed by atoms with Crippen molar-refractivity contribution in [2.24, 2.45) is 11.1 Å². The third kappa shape index (κ3) is 2.26. The maximum Gasteiger partial charge on any atom is 0.242 e. The average molecular weight is 275 g/mol. The van der Waals surface area contributed by atoms with Gasteiger partial charge in [0.05, 0.1) is 5.54 Å². The molecule has 1 amide bonds. The van der Waals surface area contributed by atoms with Crippen LogP contribution in [0.2, 0.25) is 0 Å². The number of likely N-dealkylation sites (tertiary alicyclic amines) is 1. The fraction of sp³-hybridized carbons (Fsp3) is 0.923. The molecule has 0 aromatic carbocycles. The summed E-state index contributed by atoms with van der Waals surface area (Å²) in [6.07, 6.45) is 6.48. The van der Waals surface area contributed by atoms with E-state index < -0.39 is 5.54 Å². The van der Waals surface area contributed by atoms with Gasteiger partial charge in [0, 0.05) is 26.3 Å². The van der Waals surface area contributed by atoms with Gasteiger partial charge in [-0.05, 0) is 37.5 Å². The van der Waals surface area contributed by atoms with Crippen LogP contribution in [0.25, 0.3) is 0 Å². The highest BCUT2D eigenvalue weighted by atomic mass is 35.5. The fourth-order valence-corrected chi connectivity index (χ4v) is 3.46. The van der Waals surface area contributed by atoms with E-state index in [4.69, 9.17) is 10.5 Å². The molecule has 2 saturated heterocycles. The van der Waals surface area contributed by atoms with E-state index in [1.54, 1.807) is 0 Å². The monoisotopic (exact) mass is 274 g/mol. The molecule has 0 bridgehead atoms. The molecular weight excluding hydrogens is 252 g/mol. The molecule has 0 atom stereocenters. The van der Waals surface area contributed by atoms with Crippen molar-refractivity contribution in [3.63, 3.8) is 0 Å². The summed E-state index contributed by atoms with van der Waals surface area (Å²) in [6, 6.07) is 0. The fourth-order valence-electron chi connectivity index (χ4n) is 3.46. The van der Waals surface area contributed by atoms with Crippen LogP contribution >= 0.6 is 12.4 Å². The number of amides is 1. The van der Waals surface area contributed by atoms with Crippen LogP contribution in [0, 0.1) is 5.41 Å². The summed E-state index contributed by atoms with van der Waals surface area (Å²) >= 11 is 0. The number of carbonyl (C=O) groups excluding carboxylic acids is 1. The van der Waals surface area contributed by atoms with E-state index >= 15 is 0 Å². The number of rotatable bonds is 1. The number of hydrogen-bond donors (Lipinski definition) is 1. The van der Waals surface area contributed by atoms with Gasteiger partial charge in [-0.25, -0.2) is 0 Å². The van der Waals surface area contributed by atoms with E-state index in [1.165, 1.54) is 25.7 Å². The van der Waals surface area contributed by atoms with Gasteiger partial charge in [0.25, 0.3) is 0 Å². The Bertz CT molecular complexity index is 325. The molecule has 2 N–H and O–H groups in total. The molecule has 0 aromatic rings. The van der Waals surface area contributed by atoms with Gasteiger partial charge >= 0.3 is 0 Å². The van der Waals surface area contributed by atoms with Crippen molar-refractivity contribution in [3.05, 3.63) is 0 Å². The Kier molecular flexibility index (Phi) is 3.90. The van der Waals surface area contributed by atoms with Gasteiger partial charge in [0.2, 0.25) is 5.91 Å². The molecular formula is C13H23ClN2O2. The molecule has 2 heterocycles. The Hall–Kier alpha value is -0.320. The number of halogens is 1. The minimum atomic E-state index is -0.645. The van der Waals surface area contributed by atoms with Crippen LogP contribution in [0.1, 0.15) is 38.5 Å². The standard InChI is InChI=1S/C13H22N2O2.ClH/c14-13(5-8-17-9-6-13)11(16)15-7-4-12(10-15)2-1-3-12;/h1-10,14H2;1H. The van der Waals surface area contributed by atoms with E-state index in [0.29, 0.717) is 31.5 Å². The summed E-state index contributed by atoms with van der Waals surface area (Å²) in [4.78, 5) is 14.5. The molecule has 2 aliphatic heterocycles. The minimum absolute atomic E-state index is 0. The maximum absolute atomic E-state index is 12.5. The van der Waals surface area contributed by atoms with Gasteiger partial charge in [0.15, 0.2) is 0 Å². The second-order valence-corrected chi connectivity index (χ2v) is 6.10. The molecule has 3 fully saturated rings. The maximum atomic E-state index is 12.5. The minimum Gasteiger partial charge on any atom is -0.381 e. The molecule has 4 nitrogen and oxygen atoms in total. The number of nitrogens with two attached hydrogens (primary N) is 1. The topological polar surface area (TPSA) is 55.6 Å². The first-order valence-electron chi connectivity index (χ1n) is 6.80. The molecule has 0 aromatic heterocycles. The highest BCUT2D eigenvalue weighted by Crippen LogP contribution is 2.48. The Labute approximate surface area is 115 Å². The average Bonchev–Trinajstić information content (AvgIpc) is 2.74. The van der Waals surface area contributed by atoms with Gasteiger partial charge in [-0.3, -0.25) is 4.79 Å². The third-order valence-corrected chi connectivity index (χ3v) is 4.95. The largest absolute Gasteiger partial charge is 0.381 e. The number of hydrogen-bond acceptors (Lipinski definition) is 3. The lowest BCUT2D eigenvalue weighted by molar-refractivity contribution is -0.140. The van der Waals surface area contributed by atoms with E-state index in [-0.39, 0.29) is 18.3 Å². The van der Waals surface area contributed by atoms with Crippen molar-refractivity contribution in [1.82, 2.24) is 4.90 Å². The van der Waals surface area contributed by atoms with E-state index in [0.717, 1.165) is 13.1 Å². The van der Waals surface area contributed by atoms with Crippen LogP contribution in [0.5, 0.6) is 0 Å². The lowest BCUT2D eigenvalue weighted by atomic mass is 9.68. The zero-order valence-corrected chi connectivity index (χ0v) is 11.6. The molecule has 3 rings (SSSR count). The van der Waals surface area contributed by atoms with Crippen LogP contribution in [-0.4, -0.2) is 42.6 Å². The first-order valence-corrected chi connectivity index (χ1v) is 6.80. The summed E-state index contributed by atoms with van der Waals surface area (Å²) in [5, 5.41) is 0. The van der Waals surface area contributed by atoms with E-state index in [2.05, 4.69) is 0 Å². The van der Waals surface area contributed by atoms with Gasteiger partial charge < -0.3 is 15.4 Å². The summed E-state index contributed by atoms with van der Waals surface area (Å²) in [6.45, 7) is 3.12. The Morgan fingerprint density at radius 1 is 1.11 bits per heavy atom. The lowest BCUT2D eigenvalue weighted by Gasteiger charge is -2.39. The van der Waals surface area contributed by atoms with Crippen LogP contribution in [0.3, 0.4) is 0 Å². The molecule has 0 radical (unpaired) electrons. The number of nitrogens with zero attached hydrogens (tertiary/aromatic N) is 1. The molecule has 1 saturated carbocycles. The Morgan fingerprint density at radius 3 is 2.28 bits per heavy atom. The number of ether oxygens (including phenoxy) is 1. The van der Waals surface area contributed by atoms with Crippen LogP contribution in [0.4, 0.5) is 0 Å². The molecule has 18 heavy (non-hydrogen) atoms. The molecule has 5 heteroatoms. The SMILES string of the molecule is Cl.NC1(C(=O)N2CCC3(CCC3)C2)CCOCC1. The van der Waals surface area contributed by atoms with Crippen molar-refractivity contribution in [2.45, 2.75) is 44.1 Å². The smallest absolute Gasteiger partial charge is 0.242 e. The van der Waals surface area contributed by atoms with Crippen LogP contribution < -0.4 is 5.73 Å². The predicted molar refractivity (Wildman–Crippen MR) is 71.7 cm³/mol. The summed E-state index contributed by atoms with van der Waals surface area (Å²) < 4.78 is 5.30. The summed E-state index contributed by atoms with van der Waals surface area (Å²) in [5.41, 5.74) is 6.08. The van der Waals surface area contributed by atoms with Crippen LogP contribution in [-0.2, 0) is 9.53 Å². The Balaban J connectivity index is 0.00000120. The normalized spacial score (nSPS) is 28.6. The number of carbonyl (C=O) groups is 1. The van der Waals surface area contributed by atoms with Crippen molar-refractivity contribution in [2.75, 3.05) is 26.3 Å². The van der Waals surface area contributed by atoms with Gasteiger partial charge in [-0.2, -0.15) is 0 Å². The highest BCUT2D eigenvalue weighted by Gasteiger charge is 2.47. The zero-order chi connectivity index (χ0) is 11.9. The van der Waals surface area contributed by atoms with E-state index in [1.807, 2.05) is 4.90 Å². The molecule has 0 unspecified atom stereocenters. The summed E-state index contributed by atoms with van der Waals surface area (Å²) in [7, 11) is 0. The second-order valence-electron chi connectivity index (χ2n) is 6.10. The van der Waals surface area contributed by atoms with Gasteiger partial charge in [-0.15, -0.1) is 12.4 Å². The predicted octanol–water partition coefficient (Wildman–Crippen LogP) is 1.32. The highest BCUT2D eigenvalue weighted by molar-refractivity contribution is 5.86. The molecule has 104 valence electrons. The molecule has 1 spiro atoms.